The van der Waals surface area contributed by atoms with Gasteiger partial charge in [-0.2, -0.15) is 5.10 Å². The lowest BCUT2D eigenvalue weighted by molar-refractivity contribution is -0.139. The zero-order valence-corrected chi connectivity index (χ0v) is 22.4. The quantitative estimate of drug-likeness (QED) is 0.198. The van der Waals surface area contributed by atoms with Gasteiger partial charge in [-0.15, -0.1) is 0 Å². The molecule has 3 aromatic rings. The number of methoxy groups -OCH3 is 2. The molecule has 3 rings (SSSR count). The summed E-state index contributed by atoms with van der Waals surface area (Å²) in [5.41, 5.74) is 6.62. The molecule has 204 valence electrons. The molecule has 10 nitrogen and oxygen atoms in total. The van der Waals surface area contributed by atoms with Crippen LogP contribution in [0.4, 0.5) is 5.69 Å². The Balaban J connectivity index is 1.38. The molecule has 0 aliphatic rings. The van der Waals surface area contributed by atoms with Gasteiger partial charge in [-0.05, 0) is 79.4 Å². The summed E-state index contributed by atoms with van der Waals surface area (Å²) in [6.07, 6.45) is 1.90. The van der Waals surface area contributed by atoms with Gasteiger partial charge in [-0.1, -0.05) is 23.8 Å². The number of amides is 3. The molecule has 0 atom stereocenters. The number of ether oxygens (including phenoxy) is 3. The lowest BCUT2D eigenvalue weighted by atomic mass is 10.1. The monoisotopic (exact) mass is 532 g/mol. The van der Waals surface area contributed by atoms with E-state index in [0.717, 1.165) is 22.4 Å². The van der Waals surface area contributed by atoms with Crippen molar-refractivity contribution in [3.05, 3.63) is 82.9 Å². The Labute approximate surface area is 227 Å². The third kappa shape index (κ3) is 8.89. The Bertz CT molecular complexity index is 1340. The Hall–Kier alpha value is -4.86. The van der Waals surface area contributed by atoms with Crippen molar-refractivity contribution in [3.63, 3.8) is 0 Å². The second-order valence-corrected chi connectivity index (χ2v) is 8.62. The van der Waals surface area contributed by atoms with Crippen molar-refractivity contribution in [1.29, 1.82) is 0 Å². The van der Waals surface area contributed by atoms with Crippen molar-refractivity contribution < 1.29 is 28.6 Å². The first-order valence-corrected chi connectivity index (χ1v) is 12.2. The molecular formula is C29H32N4O6. The highest BCUT2D eigenvalue weighted by atomic mass is 16.5. The highest BCUT2D eigenvalue weighted by Crippen LogP contribution is 2.27. The Morgan fingerprint density at radius 1 is 0.872 bits per heavy atom. The van der Waals surface area contributed by atoms with Crippen LogP contribution in [0, 0.1) is 13.8 Å². The number of carbonyl (C=O) groups excluding carboxylic acids is 3. The first-order valence-electron chi connectivity index (χ1n) is 12.2. The van der Waals surface area contributed by atoms with Crippen molar-refractivity contribution in [2.45, 2.75) is 20.3 Å². The number of nitrogens with zero attached hydrogens (tertiary/aromatic N) is 1. The summed E-state index contributed by atoms with van der Waals surface area (Å²) >= 11 is 0. The fraction of sp³-hybridized carbons (Fsp3) is 0.241. The molecule has 0 unspecified atom stereocenters. The summed E-state index contributed by atoms with van der Waals surface area (Å²) < 4.78 is 16.0. The minimum Gasteiger partial charge on any atom is -0.493 e. The SMILES string of the molecule is COc1ccc(CCNC(=O)C(=O)N/N=C\c2ccc(OCC(=O)Nc3ccc(C)cc3C)cc2)cc1OC. The normalized spacial score (nSPS) is 10.6. The number of aryl methyl sites for hydroxylation is 2. The number of hydrogen-bond acceptors (Lipinski definition) is 7. The Morgan fingerprint density at radius 2 is 1.62 bits per heavy atom. The number of hydrogen-bond donors (Lipinski definition) is 3. The predicted octanol–water partition coefficient (Wildman–Crippen LogP) is 3.15. The van der Waals surface area contributed by atoms with Crippen LogP contribution in [0.5, 0.6) is 17.2 Å². The molecule has 0 aliphatic carbocycles. The van der Waals surface area contributed by atoms with E-state index in [9.17, 15) is 14.4 Å². The second-order valence-electron chi connectivity index (χ2n) is 8.62. The van der Waals surface area contributed by atoms with Crippen LogP contribution >= 0.6 is 0 Å². The molecule has 0 saturated carbocycles. The van der Waals surface area contributed by atoms with E-state index >= 15 is 0 Å². The van der Waals surface area contributed by atoms with E-state index in [-0.39, 0.29) is 19.1 Å². The summed E-state index contributed by atoms with van der Waals surface area (Å²) in [6.45, 7) is 4.04. The molecule has 0 aromatic heterocycles. The van der Waals surface area contributed by atoms with Crippen LogP contribution in [0.25, 0.3) is 0 Å². The van der Waals surface area contributed by atoms with E-state index in [1.54, 1.807) is 44.6 Å². The summed E-state index contributed by atoms with van der Waals surface area (Å²) in [4.78, 5) is 36.2. The van der Waals surface area contributed by atoms with Crippen LogP contribution < -0.4 is 30.3 Å². The van der Waals surface area contributed by atoms with Crippen molar-refractivity contribution in [2.24, 2.45) is 5.10 Å². The van der Waals surface area contributed by atoms with E-state index < -0.39 is 11.8 Å². The van der Waals surface area contributed by atoms with E-state index in [1.165, 1.54) is 6.21 Å². The average molecular weight is 533 g/mol. The summed E-state index contributed by atoms with van der Waals surface area (Å²) in [5.74, 6) is -0.241. The Kier molecular flexibility index (Phi) is 10.4. The largest absolute Gasteiger partial charge is 0.493 e. The average Bonchev–Trinajstić information content (AvgIpc) is 2.93. The van der Waals surface area contributed by atoms with Gasteiger partial charge in [0.1, 0.15) is 5.75 Å². The molecule has 10 heteroatoms. The molecule has 0 aliphatic heterocycles. The number of benzene rings is 3. The first kappa shape index (κ1) is 28.7. The molecule has 0 bridgehead atoms. The maximum absolute atomic E-state index is 12.2. The number of nitrogens with one attached hydrogen (secondary N) is 3. The van der Waals surface area contributed by atoms with Gasteiger partial charge in [0.25, 0.3) is 5.91 Å². The van der Waals surface area contributed by atoms with E-state index in [4.69, 9.17) is 14.2 Å². The predicted molar refractivity (Wildman–Crippen MR) is 148 cm³/mol. The van der Waals surface area contributed by atoms with Gasteiger partial charge in [0, 0.05) is 12.2 Å². The molecule has 0 heterocycles. The molecule has 0 radical (unpaired) electrons. The van der Waals surface area contributed by atoms with Crippen LogP contribution in [-0.2, 0) is 20.8 Å². The van der Waals surface area contributed by atoms with Gasteiger partial charge in [-0.25, -0.2) is 5.43 Å². The zero-order chi connectivity index (χ0) is 28.2. The summed E-state index contributed by atoms with van der Waals surface area (Å²) in [6, 6.07) is 18.0. The number of carbonyl (C=O) groups is 3. The van der Waals surface area contributed by atoms with Crippen LogP contribution in [0.1, 0.15) is 22.3 Å². The van der Waals surface area contributed by atoms with E-state index in [1.807, 2.05) is 44.2 Å². The third-order valence-corrected chi connectivity index (χ3v) is 5.64. The summed E-state index contributed by atoms with van der Waals surface area (Å²) in [7, 11) is 3.10. The van der Waals surface area contributed by atoms with Crippen molar-refractivity contribution in [1.82, 2.24) is 10.7 Å². The summed E-state index contributed by atoms with van der Waals surface area (Å²) in [5, 5.41) is 9.19. The number of anilines is 1. The van der Waals surface area contributed by atoms with Gasteiger partial charge in [0.2, 0.25) is 0 Å². The smallest absolute Gasteiger partial charge is 0.329 e. The van der Waals surface area contributed by atoms with Crippen LogP contribution in [0.15, 0.2) is 65.8 Å². The third-order valence-electron chi connectivity index (χ3n) is 5.64. The van der Waals surface area contributed by atoms with Crippen molar-refractivity contribution in [2.75, 3.05) is 32.7 Å². The lowest BCUT2D eigenvalue weighted by Crippen LogP contribution is -2.38. The molecule has 39 heavy (non-hydrogen) atoms. The molecule has 0 fully saturated rings. The van der Waals surface area contributed by atoms with Crippen molar-refractivity contribution in [3.8, 4) is 17.2 Å². The fourth-order valence-electron chi connectivity index (χ4n) is 3.59. The van der Waals surface area contributed by atoms with Gasteiger partial charge in [0.15, 0.2) is 18.1 Å². The van der Waals surface area contributed by atoms with E-state index in [2.05, 4.69) is 21.2 Å². The number of hydrazone groups is 1. The molecule has 3 aromatic carbocycles. The highest BCUT2D eigenvalue weighted by molar-refractivity contribution is 6.35. The maximum Gasteiger partial charge on any atom is 0.329 e. The standard InChI is InChI=1S/C29H32N4O6/c1-19-5-11-24(20(2)15-19)32-27(34)18-39-23-9-6-22(7-10-23)17-31-33-29(36)28(35)30-14-13-21-8-12-25(37-3)26(16-21)38-4/h5-12,15-17H,13-14,18H2,1-4H3,(H,30,35)(H,32,34)(H,33,36)/b31-17-. The molecule has 0 spiro atoms. The van der Waals surface area contributed by atoms with Gasteiger partial charge >= 0.3 is 11.8 Å². The first-order chi connectivity index (χ1) is 18.8. The topological polar surface area (TPSA) is 127 Å². The van der Waals surface area contributed by atoms with Gasteiger partial charge < -0.3 is 24.8 Å². The van der Waals surface area contributed by atoms with E-state index in [0.29, 0.717) is 29.2 Å². The van der Waals surface area contributed by atoms with Gasteiger partial charge in [0.05, 0.1) is 20.4 Å². The number of rotatable bonds is 11. The molecular weight excluding hydrogens is 500 g/mol. The van der Waals surface area contributed by atoms with Gasteiger partial charge in [-0.3, -0.25) is 14.4 Å². The zero-order valence-electron chi connectivity index (χ0n) is 22.4. The van der Waals surface area contributed by atoms with Crippen LogP contribution in [0.2, 0.25) is 0 Å². The molecule has 3 amide bonds. The van der Waals surface area contributed by atoms with Crippen LogP contribution in [0.3, 0.4) is 0 Å². The fourth-order valence-corrected chi connectivity index (χ4v) is 3.59. The second kappa shape index (κ2) is 14.2. The van der Waals surface area contributed by atoms with Crippen LogP contribution in [-0.4, -0.2) is 51.3 Å². The molecule has 3 N–H and O–H groups in total. The Morgan fingerprint density at radius 3 is 2.31 bits per heavy atom. The van der Waals surface area contributed by atoms with Crippen molar-refractivity contribution >= 4 is 29.6 Å². The lowest BCUT2D eigenvalue weighted by Gasteiger charge is -2.10. The minimum atomic E-state index is -0.881. The highest BCUT2D eigenvalue weighted by Gasteiger charge is 2.12. The minimum absolute atomic E-state index is 0.141. The maximum atomic E-state index is 12.2. The molecule has 0 saturated heterocycles.